The van der Waals surface area contributed by atoms with E-state index in [0.717, 1.165) is 17.6 Å². The molecule has 0 amide bonds. The van der Waals surface area contributed by atoms with Crippen LogP contribution in [0.15, 0.2) is 19.0 Å². The maximum atomic E-state index is 5.47. The zero-order valence-corrected chi connectivity index (χ0v) is 9.25. The summed E-state index contributed by atoms with van der Waals surface area (Å²) in [5, 5.41) is 4.31. The maximum absolute atomic E-state index is 5.47. The molecular formula is C11H19N3. The van der Waals surface area contributed by atoms with Crippen molar-refractivity contribution < 1.29 is 0 Å². The number of nitrogens with two attached hydrogens (primary N) is 1. The second kappa shape index (κ2) is 3.96. The third-order valence-corrected chi connectivity index (χ3v) is 2.12. The number of aromatic nitrogens is 2. The molecule has 3 nitrogen and oxygen atoms in total. The molecule has 0 atom stereocenters. The standard InChI is InChI=1S/C11H19N3/c1-9(5-6-12)10-7-13-14(8-10)11(2,3)4/h7-8H,1,5-6,12H2,2-4H3. The lowest BCUT2D eigenvalue weighted by molar-refractivity contribution is 0.355. The van der Waals surface area contributed by atoms with Crippen molar-refractivity contribution in [2.75, 3.05) is 6.54 Å². The van der Waals surface area contributed by atoms with Crippen LogP contribution < -0.4 is 5.73 Å². The summed E-state index contributed by atoms with van der Waals surface area (Å²) in [6.45, 7) is 11.0. The lowest BCUT2D eigenvalue weighted by Crippen LogP contribution is -2.21. The Balaban J connectivity index is 2.83. The Bertz CT molecular complexity index is 318. The molecule has 0 saturated heterocycles. The fraction of sp³-hybridized carbons (Fsp3) is 0.545. The van der Waals surface area contributed by atoms with Gasteiger partial charge in [-0.15, -0.1) is 0 Å². The van der Waals surface area contributed by atoms with Gasteiger partial charge < -0.3 is 5.73 Å². The van der Waals surface area contributed by atoms with Crippen molar-refractivity contribution in [3.8, 4) is 0 Å². The molecule has 1 aromatic heterocycles. The van der Waals surface area contributed by atoms with Crippen LogP contribution in [0.4, 0.5) is 0 Å². The predicted molar refractivity (Wildman–Crippen MR) is 59.9 cm³/mol. The van der Waals surface area contributed by atoms with Crippen LogP contribution in [0, 0.1) is 0 Å². The van der Waals surface area contributed by atoms with Crippen LogP contribution >= 0.6 is 0 Å². The molecule has 0 unspecified atom stereocenters. The molecule has 0 aliphatic heterocycles. The van der Waals surface area contributed by atoms with Crippen molar-refractivity contribution in [3.05, 3.63) is 24.5 Å². The topological polar surface area (TPSA) is 43.8 Å². The molecule has 2 N–H and O–H groups in total. The van der Waals surface area contributed by atoms with Crippen LogP contribution in [0.2, 0.25) is 0 Å². The highest BCUT2D eigenvalue weighted by atomic mass is 15.3. The monoisotopic (exact) mass is 193 g/mol. The fourth-order valence-electron chi connectivity index (χ4n) is 1.19. The van der Waals surface area contributed by atoms with E-state index < -0.39 is 0 Å². The first-order valence-corrected chi connectivity index (χ1v) is 4.88. The SMILES string of the molecule is C=C(CCN)c1cnn(C(C)(C)C)c1. The van der Waals surface area contributed by atoms with Crippen molar-refractivity contribution in [1.29, 1.82) is 0 Å². The summed E-state index contributed by atoms with van der Waals surface area (Å²) in [5.41, 5.74) is 7.65. The Morgan fingerprint density at radius 2 is 2.21 bits per heavy atom. The van der Waals surface area contributed by atoms with Gasteiger partial charge in [0.15, 0.2) is 0 Å². The summed E-state index contributed by atoms with van der Waals surface area (Å²) in [4.78, 5) is 0. The second-order valence-corrected chi connectivity index (χ2v) is 4.49. The minimum atomic E-state index is 0.0290. The maximum Gasteiger partial charge on any atom is 0.0565 e. The van der Waals surface area contributed by atoms with Gasteiger partial charge in [-0.25, -0.2) is 0 Å². The third kappa shape index (κ3) is 2.45. The molecule has 0 bridgehead atoms. The number of nitrogens with zero attached hydrogens (tertiary/aromatic N) is 2. The van der Waals surface area contributed by atoms with Gasteiger partial charge in [0.05, 0.1) is 11.7 Å². The minimum absolute atomic E-state index is 0.0290. The van der Waals surface area contributed by atoms with E-state index in [0.29, 0.717) is 6.54 Å². The molecule has 0 aliphatic carbocycles. The van der Waals surface area contributed by atoms with E-state index in [1.165, 1.54) is 0 Å². The molecule has 0 radical (unpaired) electrons. The van der Waals surface area contributed by atoms with Gasteiger partial charge in [0.2, 0.25) is 0 Å². The summed E-state index contributed by atoms with van der Waals surface area (Å²) in [6, 6.07) is 0. The molecule has 0 saturated carbocycles. The van der Waals surface area contributed by atoms with E-state index in [9.17, 15) is 0 Å². The van der Waals surface area contributed by atoms with Crippen LogP contribution in [0.25, 0.3) is 5.57 Å². The number of hydrogen-bond acceptors (Lipinski definition) is 2. The Morgan fingerprint density at radius 3 is 2.64 bits per heavy atom. The lowest BCUT2D eigenvalue weighted by Gasteiger charge is -2.18. The Labute approximate surface area is 85.6 Å². The molecular weight excluding hydrogens is 174 g/mol. The molecule has 0 spiro atoms. The lowest BCUT2D eigenvalue weighted by atomic mass is 10.1. The van der Waals surface area contributed by atoms with E-state index in [2.05, 4.69) is 32.4 Å². The first-order valence-electron chi connectivity index (χ1n) is 4.88. The molecule has 0 fully saturated rings. The average Bonchev–Trinajstić information content (AvgIpc) is 2.51. The first-order chi connectivity index (χ1) is 6.45. The van der Waals surface area contributed by atoms with Crippen molar-refractivity contribution in [1.82, 2.24) is 9.78 Å². The average molecular weight is 193 g/mol. The fourth-order valence-corrected chi connectivity index (χ4v) is 1.19. The molecule has 1 aromatic rings. The van der Waals surface area contributed by atoms with E-state index in [1.54, 1.807) is 0 Å². The highest BCUT2D eigenvalue weighted by molar-refractivity contribution is 5.61. The van der Waals surface area contributed by atoms with E-state index in [1.807, 2.05) is 17.1 Å². The molecule has 0 aromatic carbocycles. The summed E-state index contributed by atoms with van der Waals surface area (Å²) in [5.74, 6) is 0. The van der Waals surface area contributed by atoms with Crippen LogP contribution in [0.1, 0.15) is 32.8 Å². The molecule has 14 heavy (non-hydrogen) atoms. The number of hydrogen-bond donors (Lipinski definition) is 1. The largest absolute Gasteiger partial charge is 0.330 e. The van der Waals surface area contributed by atoms with Crippen LogP contribution in [-0.2, 0) is 5.54 Å². The van der Waals surface area contributed by atoms with Crippen molar-refractivity contribution in [2.24, 2.45) is 5.73 Å². The molecule has 3 heteroatoms. The Hall–Kier alpha value is -1.09. The van der Waals surface area contributed by atoms with E-state index in [-0.39, 0.29) is 5.54 Å². The summed E-state index contributed by atoms with van der Waals surface area (Å²) in [6.07, 6.45) is 4.71. The van der Waals surface area contributed by atoms with Gasteiger partial charge in [-0.1, -0.05) is 6.58 Å². The third-order valence-electron chi connectivity index (χ3n) is 2.12. The quantitative estimate of drug-likeness (QED) is 0.798. The molecule has 1 heterocycles. The number of rotatable bonds is 3. The molecule has 0 aliphatic rings. The minimum Gasteiger partial charge on any atom is -0.330 e. The predicted octanol–water partition coefficient (Wildman–Crippen LogP) is 2.00. The van der Waals surface area contributed by atoms with Gasteiger partial charge in [-0.05, 0) is 39.3 Å². The summed E-state index contributed by atoms with van der Waals surface area (Å²) < 4.78 is 1.95. The van der Waals surface area contributed by atoms with Gasteiger partial charge in [-0.2, -0.15) is 5.10 Å². The van der Waals surface area contributed by atoms with Gasteiger partial charge >= 0.3 is 0 Å². The van der Waals surface area contributed by atoms with Gasteiger partial charge in [0, 0.05) is 11.8 Å². The van der Waals surface area contributed by atoms with Gasteiger partial charge in [0.1, 0.15) is 0 Å². The van der Waals surface area contributed by atoms with Crippen molar-refractivity contribution in [2.45, 2.75) is 32.7 Å². The van der Waals surface area contributed by atoms with E-state index >= 15 is 0 Å². The smallest absolute Gasteiger partial charge is 0.0565 e. The highest BCUT2D eigenvalue weighted by Gasteiger charge is 2.14. The normalized spacial score (nSPS) is 11.7. The van der Waals surface area contributed by atoms with Gasteiger partial charge in [-0.3, -0.25) is 4.68 Å². The molecule has 1 rings (SSSR count). The van der Waals surface area contributed by atoms with Crippen LogP contribution in [-0.4, -0.2) is 16.3 Å². The van der Waals surface area contributed by atoms with Crippen LogP contribution in [0.5, 0.6) is 0 Å². The zero-order chi connectivity index (χ0) is 10.8. The second-order valence-electron chi connectivity index (χ2n) is 4.49. The first kappa shape index (κ1) is 11.0. The van der Waals surface area contributed by atoms with Crippen LogP contribution in [0.3, 0.4) is 0 Å². The highest BCUT2D eigenvalue weighted by Crippen LogP contribution is 2.18. The Kier molecular flexibility index (Phi) is 3.11. The van der Waals surface area contributed by atoms with Gasteiger partial charge in [0.25, 0.3) is 0 Å². The van der Waals surface area contributed by atoms with Crippen molar-refractivity contribution >= 4 is 5.57 Å². The van der Waals surface area contributed by atoms with Crippen molar-refractivity contribution in [3.63, 3.8) is 0 Å². The summed E-state index contributed by atoms with van der Waals surface area (Å²) in [7, 11) is 0. The van der Waals surface area contributed by atoms with E-state index in [4.69, 9.17) is 5.73 Å². The molecule has 78 valence electrons. The summed E-state index contributed by atoms with van der Waals surface area (Å²) >= 11 is 0. The zero-order valence-electron chi connectivity index (χ0n) is 9.25. The Morgan fingerprint density at radius 1 is 1.57 bits per heavy atom.